The molecule has 2 heteroatoms. The van der Waals surface area contributed by atoms with Gasteiger partial charge in [-0.3, -0.25) is 4.79 Å². The first kappa shape index (κ1) is 12.2. The van der Waals surface area contributed by atoms with Crippen molar-refractivity contribution in [1.82, 2.24) is 5.32 Å². The molecule has 0 radical (unpaired) electrons. The molecule has 2 atom stereocenters. The van der Waals surface area contributed by atoms with Gasteiger partial charge in [-0.1, -0.05) is 36.8 Å². The molecule has 92 valence electrons. The largest absolute Gasteiger partial charge is 0.356 e. The molecule has 17 heavy (non-hydrogen) atoms. The molecule has 2 unspecified atom stereocenters. The van der Waals surface area contributed by atoms with E-state index in [-0.39, 0.29) is 5.91 Å². The van der Waals surface area contributed by atoms with Gasteiger partial charge >= 0.3 is 0 Å². The monoisotopic (exact) mass is 231 g/mol. The highest BCUT2D eigenvalue weighted by molar-refractivity contribution is 5.75. The molecular formula is C15H21NO. The summed E-state index contributed by atoms with van der Waals surface area (Å²) in [5.74, 6) is 1.51. The summed E-state index contributed by atoms with van der Waals surface area (Å²) in [6.07, 6.45) is 2.80. The standard InChI is InChI=1S/C15H21NO/c1-3-5-15(17)16-10-13-9-14(13)12-7-4-6-11(2)8-12/h4,6-8,13-14H,3,5,9-10H2,1-2H3,(H,16,17). The first-order valence-corrected chi connectivity index (χ1v) is 6.54. The molecule has 2 rings (SSSR count). The summed E-state index contributed by atoms with van der Waals surface area (Å²) in [6, 6.07) is 8.71. The van der Waals surface area contributed by atoms with E-state index in [4.69, 9.17) is 0 Å². The molecule has 0 heterocycles. The Balaban J connectivity index is 1.79. The topological polar surface area (TPSA) is 29.1 Å². The summed E-state index contributed by atoms with van der Waals surface area (Å²) in [4.78, 5) is 11.4. The fourth-order valence-electron chi connectivity index (χ4n) is 2.34. The normalized spacial score (nSPS) is 22.2. The van der Waals surface area contributed by atoms with E-state index >= 15 is 0 Å². The third-order valence-electron chi connectivity index (χ3n) is 3.43. The van der Waals surface area contributed by atoms with Crippen LogP contribution < -0.4 is 5.32 Å². The van der Waals surface area contributed by atoms with Crippen molar-refractivity contribution in [3.63, 3.8) is 0 Å². The van der Waals surface area contributed by atoms with E-state index in [0.717, 1.165) is 13.0 Å². The number of amides is 1. The number of rotatable bonds is 5. The number of hydrogen-bond acceptors (Lipinski definition) is 1. The van der Waals surface area contributed by atoms with Crippen LogP contribution in [-0.2, 0) is 4.79 Å². The van der Waals surface area contributed by atoms with Gasteiger partial charge in [0.05, 0.1) is 0 Å². The van der Waals surface area contributed by atoms with Crippen molar-refractivity contribution < 1.29 is 4.79 Å². The van der Waals surface area contributed by atoms with Crippen molar-refractivity contribution in [1.29, 1.82) is 0 Å². The molecule has 0 aromatic heterocycles. The summed E-state index contributed by atoms with van der Waals surface area (Å²) in [7, 11) is 0. The minimum Gasteiger partial charge on any atom is -0.356 e. The quantitative estimate of drug-likeness (QED) is 0.829. The van der Waals surface area contributed by atoms with Crippen LogP contribution in [0.1, 0.15) is 43.2 Å². The van der Waals surface area contributed by atoms with Crippen molar-refractivity contribution in [2.75, 3.05) is 6.54 Å². The van der Waals surface area contributed by atoms with Crippen LogP contribution in [0.5, 0.6) is 0 Å². The lowest BCUT2D eigenvalue weighted by Gasteiger charge is -2.04. The highest BCUT2D eigenvalue weighted by Gasteiger charge is 2.38. The number of carbonyl (C=O) groups excluding carboxylic acids is 1. The number of aryl methyl sites for hydroxylation is 1. The minimum atomic E-state index is 0.197. The Bertz CT molecular complexity index is 400. The number of benzene rings is 1. The Morgan fingerprint density at radius 3 is 3.00 bits per heavy atom. The molecule has 1 amide bonds. The molecule has 1 aromatic rings. The second kappa shape index (κ2) is 5.35. The van der Waals surface area contributed by atoms with E-state index in [0.29, 0.717) is 18.3 Å². The fourth-order valence-corrected chi connectivity index (χ4v) is 2.34. The molecule has 0 saturated heterocycles. The average Bonchev–Trinajstić information content (AvgIpc) is 3.06. The van der Waals surface area contributed by atoms with Gasteiger partial charge in [-0.15, -0.1) is 0 Å². The molecule has 1 fully saturated rings. The predicted octanol–water partition coefficient (Wildman–Crippen LogP) is 3.01. The maximum absolute atomic E-state index is 11.4. The van der Waals surface area contributed by atoms with Gasteiger partial charge in [0.2, 0.25) is 5.91 Å². The van der Waals surface area contributed by atoms with Crippen LogP contribution in [0, 0.1) is 12.8 Å². The molecule has 2 nitrogen and oxygen atoms in total. The molecular weight excluding hydrogens is 210 g/mol. The molecule has 0 bridgehead atoms. The number of nitrogens with one attached hydrogen (secondary N) is 1. The van der Waals surface area contributed by atoms with E-state index in [9.17, 15) is 4.79 Å². The Kier molecular flexibility index (Phi) is 3.82. The summed E-state index contributed by atoms with van der Waals surface area (Å²) in [5, 5.41) is 3.02. The van der Waals surface area contributed by atoms with Gasteiger partial charge in [0.25, 0.3) is 0 Å². The molecule has 1 aliphatic rings. The highest BCUT2D eigenvalue weighted by atomic mass is 16.1. The highest BCUT2D eigenvalue weighted by Crippen LogP contribution is 2.47. The lowest BCUT2D eigenvalue weighted by Crippen LogP contribution is -2.25. The molecule has 1 aromatic carbocycles. The SMILES string of the molecule is CCCC(=O)NCC1CC1c1cccc(C)c1. The van der Waals surface area contributed by atoms with Crippen LogP contribution in [0.2, 0.25) is 0 Å². The van der Waals surface area contributed by atoms with Gasteiger partial charge in [-0.2, -0.15) is 0 Å². The maximum atomic E-state index is 11.4. The number of carbonyl (C=O) groups is 1. The van der Waals surface area contributed by atoms with Crippen molar-refractivity contribution in [2.45, 2.75) is 39.0 Å². The van der Waals surface area contributed by atoms with Crippen molar-refractivity contribution >= 4 is 5.91 Å². The maximum Gasteiger partial charge on any atom is 0.219 e. The zero-order valence-corrected chi connectivity index (χ0v) is 10.7. The summed E-state index contributed by atoms with van der Waals surface area (Å²) in [5.41, 5.74) is 2.75. The lowest BCUT2D eigenvalue weighted by molar-refractivity contribution is -0.121. The van der Waals surface area contributed by atoms with Gasteiger partial charge < -0.3 is 5.32 Å². The Labute approximate surface area is 103 Å². The average molecular weight is 231 g/mol. The van der Waals surface area contributed by atoms with Crippen LogP contribution in [0.4, 0.5) is 0 Å². The van der Waals surface area contributed by atoms with Gasteiger partial charge in [0.15, 0.2) is 0 Å². The third-order valence-corrected chi connectivity index (χ3v) is 3.43. The van der Waals surface area contributed by atoms with Crippen molar-refractivity contribution in [3.05, 3.63) is 35.4 Å². The van der Waals surface area contributed by atoms with E-state index in [2.05, 4.69) is 36.5 Å². The van der Waals surface area contributed by atoms with Gasteiger partial charge in [0.1, 0.15) is 0 Å². The molecule has 1 N–H and O–H groups in total. The van der Waals surface area contributed by atoms with Gasteiger partial charge in [-0.05, 0) is 37.2 Å². The smallest absolute Gasteiger partial charge is 0.219 e. The minimum absolute atomic E-state index is 0.197. The zero-order chi connectivity index (χ0) is 12.3. The van der Waals surface area contributed by atoms with Crippen molar-refractivity contribution in [3.8, 4) is 0 Å². The molecule has 1 aliphatic carbocycles. The van der Waals surface area contributed by atoms with Gasteiger partial charge in [0, 0.05) is 13.0 Å². The van der Waals surface area contributed by atoms with Crippen LogP contribution in [0.3, 0.4) is 0 Å². The van der Waals surface area contributed by atoms with E-state index in [1.165, 1.54) is 17.5 Å². The second-order valence-electron chi connectivity index (χ2n) is 5.07. The Morgan fingerprint density at radius 1 is 1.47 bits per heavy atom. The van der Waals surface area contributed by atoms with Crippen LogP contribution in [-0.4, -0.2) is 12.5 Å². The Morgan fingerprint density at radius 2 is 2.29 bits per heavy atom. The van der Waals surface area contributed by atoms with Crippen LogP contribution in [0.25, 0.3) is 0 Å². The van der Waals surface area contributed by atoms with E-state index in [1.807, 2.05) is 6.92 Å². The van der Waals surface area contributed by atoms with E-state index in [1.54, 1.807) is 0 Å². The second-order valence-corrected chi connectivity index (χ2v) is 5.07. The lowest BCUT2D eigenvalue weighted by atomic mass is 10.1. The van der Waals surface area contributed by atoms with Gasteiger partial charge in [-0.25, -0.2) is 0 Å². The number of hydrogen-bond donors (Lipinski definition) is 1. The fraction of sp³-hybridized carbons (Fsp3) is 0.533. The predicted molar refractivity (Wildman–Crippen MR) is 69.9 cm³/mol. The summed E-state index contributed by atoms with van der Waals surface area (Å²) < 4.78 is 0. The molecule has 0 spiro atoms. The molecule has 1 saturated carbocycles. The van der Waals surface area contributed by atoms with Crippen LogP contribution >= 0.6 is 0 Å². The first-order chi connectivity index (χ1) is 8.20. The molecule has 0 aliphatic heterocycles. The third kappa shape index (κ3) is 3.32. The van der Waals surface area contributed by atoms with E-state index < -0.39 is 0 Å². The Hall–Kier alpha value is -1.31. The summed E-state index contributed by atoms with van der Waals surface area (Å²) in [6.45, 7) is 5.01. The summed E-state index contributed by atoms with van der Waals surface area (Å²) >= 11 is 0. The van der Waals surface area contributed by atoms with Crippen LogP contribution in [0.15, 0.2) is 24.3 Å². The zero-order valence-electron chi connectivity index (χ0n) is 10.7. The van der Waals surface area contributed by atoms with Crippen molar-refractivity contribution in [2.24, 2.45) is 5.92 Å². The first-order valence-electron chi connectivity index (χ1n) is 6.54.